The maximum atomic E-state index is 14.1. The number of pyridine rings is 1. The second-order valence-corrected chi connectivity index (χ2v) is 7.21. The minimum atomic E-state index is -0.685. The van der Waals surface area contributed by atoms with E-state index in [1.807, 2.05) is 13.8 Å². The summed E-state index contributed by atoms with van der Waals surface area (Å²) < 4.78 is 14.1. The van der Waals surface area contributed by atoms with Crippen LogP contribution in [0.4, 0.5) is 4.39 Å². The Labute approximate surface area is 173 Å². The van der Waals surface area contributed by atoms with Gasteiger partial charge in [0.05, 0.1) is 16.4 Å². The van der Waals surface area contributed by atoms with Gasteiger partial charge in [-0.1, -0.05) is 32.0 Å². The molecule has 9 heteroatoms. The van der Waals surface area contributed by atoms with Crippen LogP contribution in [0, 0.1) is 5.82 Å². The number of hydrogen-bond donors (Lipinski definition) is 3. The third kappa shape index (κ3) is 5.61. The van der Waals surface area contributed by atoms with Crippen LogP contribution in [0.25, 0.3) is 0 Å². The summed E-state index contributed by atoms with van der Waals surface area (Å²) in [7, 11) is 0. The van der Waals surface area contributed by atoms with Crippen molar-refractivity contribution in [1.82, 2.24) is 10.3 Å². The van der Waals surface area contributed by atoms with Gasteiger partial charge in [-0.15, -0.1) is 10.2 Å². The molecule has 0 aliphatic carbocycles. The quantitative estimate of drug-likeness (QED) is 0.365. The predicted molar refractivity (Wildman–Crippen MR) is 114 cm³/mol. The summed E-state index contributed by atoms with van der Waals surface area (Å²) in [5.74, 6) is -1.27. The summed E-state index contributed by atoms with van der Waals surface area (Å²) in [5.41, 5.74) is 11.7. The number of halogens is 2. The Hall–Kier alpha value is -3.26. The van der Waals surface area contributed by atoms with Crippen molar-refractivity contribution in [2.45, 2.75) is 19.3 Å². The molecule has 0 aliphatic heterocycles. The van der Waals surface area contributed by atoms with Crippen LogP contribution in [0.15, 0.2) is 59.4 Å². The number of allylic oxidation sites excluding steroid dienone is 1. The highest BCUT2D eigenvalue weighted by Crippen LogP contribution is 2.26. The van der Waals surface area contributed by atoms with Crippen LogP contribution in [0.1, 0.15) is 35.5 Å². The van der Waals surface area contributed by atoms with Gasteiger partial charge in [0.2, 0.25) is 11.9 Å². The Morgan fingerprint density at radius 3 is 2.69 bits per heavy atom. The Kier molecular flexibility index (Phi) is 7.06. The van der Waals surface area contributed by atoms with Crippen LogP contribution in [0.2, 0.25) is 5.02 Å². The van der Waals surface area contributed by atoms with Crippen molar-refractivity contribution >= 4 is 29.2 Å². The first-order valence-electron chi connectivity index (χ1n) is 8.64. The molecule has 0 bridgehead atoms. The van der Waals surface area contributed by atoms with E-state index in [2.05, 4.69) is 27.1 Å². The molecule has 2 aromatic rings. The molecule has 7 nitrogen and oxygen atoms in total. The standard InChI is InChI=1S/C20H22ClFN6O/c1-4-16(13-10-12(18(23)29)7-8-15(13)22)27-28-19(24)26-11-20(2,3)17-14(21)6-5-9-25-17/h4-10H,1,11H2,2-3H3,(H2,23,29)(H3,24,26,28)/b27-16+. The van der Waals surface area contributed by atoms with Gasteiger partial charge in [-0.3, -0.25) is 9.78 Å². The number of guanidine groups is 1. The van der Waals surface area contributed by atoms with Crippen LogP contribution in [-0.2, 0) is 5.41 Å². The lowest BCUT2D eigenvalue weighted by Gasteiger charge is -2.25. The Bertz CT molecular complexity index is 987. The van der Waals surface area contributed by atoms with E-state index in [1.165, 1.54) is 18.2 Å². The summed E-state index contributed by atoms with van der Waals surface area (Å²) in [6, 6.07) is 7.20. The van der Waals surface area contributed by atoms with E-state index in [9.17, 15) is 9.18 Å². The molecule has 29 heavy (non-hydrogen) atoms. The minimum Gasteiger partial charge on any atom is -0.368 e. The largest absolute Gasteiger partial charge is 0.368 e. The first-order valence-corrected chi connectivity index (χ1v) is 9.01. The molecule has 5 N–H and O–H groups in total. The Morgan fingerprint density at radius 1 is 1.34 bits per heavy atom. The van der Waals surface area contributed by atoms with Crippen molar-refractivity contribution in [2.75, 3.05) is 6.54 Å². The molecule has 152 valence electrons. The van der Waals surface area contributed by atoms with Crippen LogP contribution >= 0.6 is 11.6 Å². The number of carbonyl (C=O) groups is 1. The molecular weight excluding hydrogens is 395 g/mol. The van der Waals surface area contributed by atoms with E-state index >= 15 is 0 Å². The van der Waals surface area contributed by atoms with Gasteiger partial charge in [-0.2, -0.15) is 0 Å². The molecule has 1 aromatic heterocycles. The summed E-state index contributed by atoms with van der Waals surface area (Å²) in [6.07, 6.45) is 2.97. The lowest BCUT2D eigenvalue weighted by Crippen LogP contribution is -2.41. The van der Waals surface area contributed by atoms with E-state index in [0.29, 0.717) is 17.3 Å². The second-order valence-electron chi connectivity index (χ2n) is 6.80. The summed E-state index contributed by atoms with van der Waals surface area (Å²) >= 11 is 6.21. The lowest BCUT2D eigenvalue weighted by molar-refractivity contribution is 0.1000. The number of nitrogens with two attached hydrogens (primary N) is 2. The highest BCUT2D eigenvalue weighted by atomic mass is 35.5. The molecule has 0 saturated heterocycles. The molecular formula is C20H22ClFN6O. The van der Waals surface area contributed by atoms with Crippen molar-refractivity contribution < 1.29 is 9.18 Å². The van der Waals surface area contributed by atoms with Crippen molar-refractivity contribution in [3.05, 3.63) is 76.8 Å². The van der Waals surface area contributed by atoms with Crippen molar-refractivity contribution in [1.29, 1.82) is 0 Å². The number of benzene rings is 1. The van der Waals surface area contributed by atoms with Gasteiger partial charge in [0.1, 0.15) is 5.82 Å². The van der Waals surface area contributed by atoms with Gasteiger partial charge in [-0.25, -0.2) is 4.39 Å². The van der Waals surface area contributed by atoms with Crippen LogP contribution in [0.3, 0.4) is 0 Å². The summed E-state index contributed by atoms with van der Waals surface area (Å²) in [5, 5.41) is 11.3. The normalized spacial score (nSPS) is 12.6. The maximum Gasteiger partial charge on any atom is 0.248 e. The third-order valence-corrected chi connectivity index (χ3v) is 4.40. The summed E-state index contributed by atoms with van der Waals surface area (Å²) in [4.78, 5) is 15.6. The number of nitrogens with one attached hydrogen (secondary N) is 1. The van der Waals surface area contributed by atoms with Gasteiger partial charge in [0, 0.05) is 29.3 Å². The average Bonchev–Trinajstić information content (AvgIpc) is 2.68. The van der Waals surface area contributed by atoms with E-state index in [1.54, 1.807) is 18.3 Å². The van der Waals surface area contributed by atoms with E-state index < -0.39 is 17.1 Å². The van der Waals surface area contributed by atoms with Gasteiger partial charge in [0.15, 0.2) is 0 Å². The smallest absolute Gasteiger partial charge is 0.248 e. The van der Waals surface area contributed by atoms with Crippen LogP contribution in [0.5, 0.6) is 0 Å². The first kappa shape index (κ1) is 22.0. The number of aromatic nitrogens is 1. The fourth-order valence-corrected chi connectivity index (χ4v) is 2.88. The van der Waals surface area contributed by atoms with Gasteiger partial charge < -0.3 is 16.8 Å². The first-order chi connectivity index (χ1) is 13.7. The number of carbonyl (C=O) groups excluding carboxylic acids is 1. The number of rotatable bonds is 7. The molecule has 2 rings (SSSR count). The van der Waals surface area contributed by atoms with Crippen molar-refractivity contribution in [2.24, 2.45) is 21.7 Å². The zero-order chi connectivity index (χ0) is 21.6. The molecule has 0 saturated carbocycles. The number of hydrogen-bond acceptors (Lipinski definition) is 4. The van der Waals surface area contributed by atoms with Gasteiger partial charge in [0.25, 0.3) is 0 Å². The average molecular weight is 417 g/mol. The fourth-order valence-electron chi connectivity index (χ4n) is 2.50. The highest BCUT2D eigenvalue weighted by Gasteiger charge is 2.24. The molecule has 0 spiro atoms. The molecule has 1 heterocycles. The topological polar surface area (TPSA) is 119 Å². The fraction of sp³-hybridized carbons (Fsp3) is 0.200. The Balaban J connectivity index is 2.19. The van der Waals surface area contributed by atoms with Crippen LogP contribution < -0.4 is 16.8 Å². The van der Waals surface area contributed by atoms with Crippen LogP contribution in [-0.4, -0.2) is 29.1 Å². The van der Waals surface area contributed by atoms with E-state index in [-0.39, 0.29) is 22.8 Å². The number of nitrogens with zero attached hydrogens (tertiary/aromatic N) is 3. The molecule has 1 aromatic carbocycles. The minimum absolute atomic E-state index is 0.0101. The second kappa shape index (κ2) is 9.29. The Morgan fingerprint density at radius 2 is 2.07 bits per heavy atom. The van der Waals surface area contributed by atoms with E-state index in [4.69, 9.17) is 23.1 Å². The van der Waals surface area contributed by atoms with Gasteiger partial charge >= 0.3 is 0 Å². The number of primary amides is 1. The molecule has 0 atom stereocenters. The van der Waals surface area contributed by atoms with E-state index in [0.717, 1.165) is 6.07 Å². The zero-order valence-electron chi connectivity index (χ0n) is 16.1. The molecule has 0 radical (unpaired) electrons. The SMILES string of the molecule is C=C/C(=N\N=C(/N)NCC(C)(C)c1ncccc1Cl)c1cc(C(N)=O)ccc1F. The maximum absolute atomic E-state index is 14.1. The summed E-state index contributed by atoms with van der Waals surface area (Å²) in [6.45, 7) is 7.88. The molecule has 0 unspecified atom stereocenters. The molecule has 0 fully saturated rings. The highest BCUT2D eigenvalue weighted by molar-refractivity contribution is 6.31. The monoisotopic (exact) mass is 416 g/mol. The number of amides is 1. The lowest BCUT2D eigenvalue weighted by atomic mass is 9.88. The molecule has 0 aliphatic rings. The predicted octanol–water partition coefficient (Wildman–Crippen LogP) is 2.75. The van der Waals surface area contributed by atoms with Crippen molar-refractivity contribution in [3.63, 3.8) is 0 Å². The molecule has 1 amide bonds. The van der Waals surface area contributed by atoms with Gasteiger partial charge in [-0.05, 0) is 36.4 Å². The zero-order valence-corrected chi connectivity index (χ0v) is 16.9. The van der Waals surface area contributed by atoms with Crippen molar-refractivity contribution in [3.8, 4) is 0 Å². The third-order valence-electron chi connectivity index (χ3n) is 4.10.